The molecule has 1 aliphatic rings. The summed E-state index contributed by atoms with van der Waals surface area (Å²) in [7, 11) is 1.63. The quantitative estimate of drug-likeness (QED) is 0.743. The summed E-state index contributed by atoms with van der Waals surface area (Å²) in [5, 5.41) is 2.82. The van der Waals surface area contributed by atoms with Crippen molar-refractivity contribution in [3.63, 3.8) is 0 Å². The molecule has 1 aromatic rings. The summed E-state index contributed by atoms with van der Waals surface area (Å²) in [5.41, 5.74) is 7.43. The van der Waals surface area contributed by atoms with E-state index in [1.807, 2.05) is 24.3 Å². The highest BCUT2D eigenvalue weighted by molar-refractivity contribution is 5.94. The van der Waals surface area contributed by atoms with Gasteiger partial charge in [0.15, 0.2) is 6.29 Å². The Hall–Kier alpha value is -1.47. The van der Waals surface area contributed by atoms with Crippen molar-refractivity contribution in [2.45, 2.75) is 25.2 Å². The highest BCUT2D eigenvalue weighted by Crippen LogP contribution is 2.25. The van der Waals surface area contributed by atoms with Gasteiger partial charge in [-0.3, -0.25) is 4.79 Å². The lowest BCUT2D eigenvalue weighted by molar-refractivity contribution is -0.117. The van der Waals surface area contributed by atoms with E-state index in [2.05, 4.69) is 5.32 Å². The Labute approximate surface area is 124 Å². The first-order chi connectivity index (χ1) is 10.2. The van der Waals surface area contributed by atoms with Crippen LogP contribution in [-0.2, 0) is 19.0 Å². The third-order valence-corrected chi connectivity index (χ3v) is 3.25. The van der Waals surface area contributed by atoms with Gasteiger partial charge in [0.2, 0.25) is 5.91 Å². The van der Waals surface area contributed by atoms with Gasteiger partial charge >= 0.3 is 0 Å². The molecular formula is C15H22N2O4. The first kappa shape index (κ1) is 15.9. The second-order valence-electron chi connectivity index (χ2n) is 4.93. The molecule has 0 saturated carbocycles. The van der Waals surface area contributed by atoms with Crippen molar-refractivity contribution in [3.05, 3.63) is 29.8 Å². The Kier molecular flexibility index (Phi) is 6.13. The summed E-state index contributed by atoms with van der Waals surface area (Å²) in [6.45, 7) is 1.78. The number of hydrogen-bond donors (Lipinski definition) is 2. The lowest BCUT2D eigenvalue weighted by Gasteiger charge is -2.14. The van der Waals surface area contributed by atoms with Crippen LogP contribution in [-0.4, -0.2) is 38.9 Å². The van der Waals surface area contributed by atoms with Crippen LogP contribution in [0.15, 0.2) is 24.3 Å². The van der Waals surface area contributed by atoms with Gasteiger partial charge in [-0.25, -0.2) is 0 Å². The van der Waals surface area contributed by atoms with E-state index in [0.29, 0.717) is 31.9 Å². The minimum Gasteiger partial charge on any atom is -0.385 e. The molecule has 0 radical (unpaired) electrons. The van der Waals surface area contributed by atoms with E-state index in [0.717, 1.165) is 12.0 Å². The normalized spacial score (nSPS) is 16.9. The predicted molar refractivity (Wildman–Crippen MR) is 78.8 cm³/mol. The molecule has 0 bridgehead atoms. The second-order valence-corrected chi connectivity index (χ2v) is 4.93. The third-order valence-electron chi connectivity index (χ3n) is 3.25. The zero-order valence-corrected chi connectivity index (χ0v) is 12.2. The van der Waals surface area contributed by atoms with Gasteiger partial charge < -0.3 is 25.3 Å². The summed E-state index contributed by atoms with van der Waals surface area (Å²) in [6, 6.07) is 6.88. The molecule has 1 amide bonds. The van der Waals surface area contributed by atoms with E-state index < -0.39 is 6.04 Å². The largest absolute Gasteiger partial charge is 0.385 e. The Balaban J connectivity index is 1.89. The molecule has 2 rings (SSSR count). The molecule has 0 aliphatic carbocycles. The zero-order chi connectivity index (χ0) is 15.1. The van der Waals surface area contributed by atoms with Crippen LogP contribution in [0.4, 0.5) is 5.69 Å². The smallest absolute Gasteiger partial charge is 0.241 e. The molecule has 1 atom stereocenters. The molecule has 1 aliphatic heterocycles. The monoisotopic (exact) mass is 294 g/mol. The van der Waals surface area contributed by atoms with Crippen molar-refractivity contribution >= 4 is 11.6 Å². The molecule has 1 unspecified atom stereocenters. The van der Waals surface area contributed by atoms with Crippen molar-refractivity contribution in [2.75, 3.05) is 32.2 Å². The van der Waals surface area contributed by atoms with Crippen LogP contribution in [0, 0.1) is 0 Å². The number of amides is 1. The molecule has 1 aromatic carbocycles. The molecule has 21 heavy (non-hydrogen) atoms. The summed E-state index contributed by atoms with van der Waals surface area (Å²) in [5.74, 6) is -0.198. The zero-order valence-electron chi connectivity index (χ0n) is 12.2. The topological polar surface area (TPSA) is 82.8 Å². The molecule has 1 heterocycles. The fraction of sp³-hybridized carbons (Fsp3) is 0.533. The van der Waals surface area contributed by atoms with Crippen molar-refractivity contribution in [3.8, 4) is 0 Å². The van der Waals surface area contributed by atoms with Gasteiger partial charge in [-0.1, -0.05) is 12.1 Å². The molecule has 3 N–H and O–H groups in total. The maximum atomic E-state index is 12.0. The summed E-state index contributed by atoms with van der Waals surface area (Å²) >= 11 is 0. The minimum atomic E-state index is -0.539. The van der Waals surface area contributed by atoms with Gasteiger partial charge in [0, 0.05) is 25.0 Å². The number of benzene rings is 1. The van der Waals surface area contributed by atoms with Gasteiger partial charge in [-0.15, -0.1) is 0 Å². The van der Waals surface area contributed by atoms with E-state index in [-0.39, 0.29) is 12.2 Å². The van der Waals surface area contributed by atoms with Crippen LogP contribution < -0.4 is 11.1 Å². The Morgan fingerprint density at radius 3 is 2.95 bits per heavy atom. The molecule has 0 aromatic heterocycles. The summed E-state index contributed by atoms with van der Waals surface area (Å²) in [6.07, 6.45) is 1.00. The standard InChI is InChI=1S/C15H22N2O4/c1-19-7-3-6-13(16)14(18)17-12-5-2-4-11(10-12)15-20-8-9-21-15/h2,4-5,10,13,15H,3,6-9,16H2,1H3,(H,17,18). The number of nitrogens with one attached hydrogen (secondary N) is 1. The highest BCUT2D eigenvalue weighted by atomic mass is 16.7. The number of ether oxygens (including phenoxy) is 3. The first-order valence-electron chi connectivity index (χ1n) is 7.09. The minimum absolute atomic E-state index is 0.198. The molecule has 0 spiro atoms. The molecular weight excluding hydrogens is 272 g/mol. The van der Waals surface area contributed by atoms with Crippen LogP contribution in [0.3, 0.4) is 0 Å². The highest BCUT2D eigenvalue weighted by Gasteiger charge is 2.19. The lowest BCUT2D eigenvalue weighted by Crippen LogP contribution is -2.35. The molecule has 1 saturated heterocycles. The van der Waals surface area contributed by atoms with Gasteiger partial charge in [0.05, 0.1) is 19.3 Å². The maximum absolute atomic E-state index is 12.0. The molecule has 6 nitrogen and oxygen atoms in total. The predicted octanol–water partition coefficient (Wildman–Crippen LogP) is 1.42. The maximum Gasteiger partial charge on any atom is 0.241 e. The number of anilines is 1. The second kappa shape index (κ2) is 8.09. The van der Waals surface area contributed by atoms with Crippen LogP contribution in [0.1, 0.15) is 24.7 Å². The Morgan fingerprint density at radius 1 is 1.48 bits per heavy atom. The van der Waals surface area contributed by atoms with Crippen molar-refractivity contribution < 1.29 is 19.0 Å². The molecule has 6 heteroatoms. The number of hydrogen-bond acceptors (Lipinski definition) is 5. The van der Waals surface area contributed by atoms with E-state index in [9.17, 15) is 4.79 Å². The van der Waals surface area contributed by atoms with Gasteiger partial charge in [0.25, 0.3) is 0 Å². The van der Waals surface area contributed by atoms with Gasteiger partial charge in [0.1, 0.15) is 0 Å². The molecule has 116 valence electrons. The van der Waals surface area contributed by atoms with Gasteiger partial charge in [-0.05, 0) is 25.0 Å². The number of rotatable bonds is 7. The van der Waals surface area contributed by atoms with Crippen molar-refractivity contribution in [2.24, 2.45) is 5.73 Å². The number of carbonyl (C=O) groups excluding carboxylic acids is 1. The van der Waals surface area contributed by atoms with Crippen LogP contribution in [0.5, 0.6) is 0 Å². The Bertz CT molecular complexity index is 461. The number of carbonyl (C=O) groups is 1. The number of nitrogens with two attached hydrogens (primary N) is 1. The van der Waals surface area contributed by atoms with Crippen molar-refractivity contribution in [1.82, 2.24) is 0 Å². The fourth-order valence-electron chi connectivity index (χ4n) is 2.13. The Morgan fingerprint density at radius 2 is 2.24 bits per heavy atom. The summed E-state index contributed by atoms with van der Waals surface area (Å²) < 4.78 is 15.8. The van der Waals surface area contributed by atoms with E-state index >= 15 is 0 Å². The van der Waals surface area contributed by atoms with Crippen LogP contribution in [0.2, 0.25) is 0 Å². The van der Waals surface area contributed by atoms with E-state index in [1.165, 1.54) is 0 Å². The first-order valence-corrected chi connectivity index (χ1v) is 7.09. The molecule has 1 fully saturated rings. The fourth-order valence-corrected chi connectivity index (χ4v) is 2.13. The van der Waals surface area contributed by atoms with E-state index in [4.69, 9.17) is 19.9 Å². The van der Waals surface area contributed by atoms with Crippen LogP contribution in [0.25, 0.3) is 0 Å². The van der Waals surface area contributed by atoms with Crippen LogP contribution >= 0.6 is 0 Å². The third kappa shape index (κ3) is 4.78. The summed E-state index contributed by atoms with van der Waals surface area (Å²) in [4.78, 5) is 12.0. The van der Waals surface area contributed by atoms with E-state index in [1.54, 1.807) is 7.11 Å². The average molecular weight is 294 g/mol. The lowest BCUT2D eigenvalue weighted by atomic mass is 10.1. The average Bonchev–Trinajstić information content (AvgIpc) is 3.02. The van der Waals surface area contributed by atoms with Crippen molar-refractivity contribution in [1.29, 1.82) is 0 Å². The number of methoxy groups -OCH3 is 1. The SMILES string of the molecule is COCCCC(N)C(=O)Nc1cccc(C2OCCO2)c1. The van der Waals surface area contributed by atoms with Gasteiger partial charge in [-0.2, -0.15) is 0 Å².